The van der Waals surface area contributed by atoms with E-state index in [4.69, 9.17) is 0 Å². The number of hydrogen-bond acceptors (Lipinski definition) is 1. The Bertz CT molecular complexity index is 1250. The quantitative estimate of drug-likeness (QED) is 0.285. The van der Waals surface area contributed by atoms with Crippen molar-refractivity contribution in [2.45, 2.75) is 46.0 Å². The van der Waals surface area contributed by atoms with Crippen LogP contribution in [0.5, 0.6) is 0 Å². The monoisotopic (exact) mass is 437 g/mol. The topological polar surface area (TPSA) is 23.3 Å². The van der Waals surface area contributed by atoms with Crippen LogP contribution in [0.1, 0.15) is 46.1 Å². The maximum Gasteiger partial charge on any atom is 0.227 e. The molecule has 0 saturated heterocycles. The predicted molar refractivity (Wildman–Crippen MR) is 140 cm³/mol. The molecule has 0 bridgehead atoms. The maximum absolute atomic E-state index is 12.2. The van der Waals surface area contributed by atoms with Crippen molar-refractivity contribution in [2.75, 3.05) is 11.4 Å². The second-order valence-electron chi connectivity index (χ2n) is 9.12. The van der Waals surface area contributed by atoms with Crippen molar-refractivity contribution in [3.05, 3.63) is 96.7 Å². The van der Waals surface area contributed by atoms with E-state index < -0.39 is 0 Å². The van der Waals surface area contributed by atoms with Crippen molar-refractivity contribution in [3.8, 4) is 0 Å². The summed E-state index contributed by atoms with van der Waals surface area (Å²) in [5, 5.41) is 2.61. The zero-order valence-electron chi connectivity index (χ0n) is 20.1. The fourth-order valence-corrected chi connectivity index (χ4v) is 4.84. The number of carbonyl (C=O) groups is 1. The van der Waals surface area contributed by atoms with Gasteiger partial charge in [0.25, 0.3) is 0 Å². The van der Waals surface area contributed by atoms with Crippen LogP contribution in [0.25, 0.3) is 10.8 Å². The number of amides is 1. The fourth-order valence-electron chi connectivity index (χ4n) is 4.84. The van der Waals surface area contributed by atoms with Crippen molar-refractivity contribution in [1.29, 1.82) is 0 Å². The van der Waals surface area contributed by atoms with Gasteiger partial charge in [-0.1, -0.05) is 61.9 Å². The van der Waals surface area contributed by atoms with E-state index in [0.717, 1.165) is 25.1 Å². The van der Waals surface area contributed by atoms with Crippen LogP contribution >= 0.6 is 0 Å². The molecule has 0 aromatic heterocycles. The molecule has 1 aliphatic rings. The van der Waals surface area contributed by atoms with Gasteiger partial charge >= 0.3 is 0 Å². The third-order valence-electron chi connectivity index (χ3n) is 6.46. The summed E-state index contributed by atoms with van der Waals surface area (Å²) in [6.45, 7) is 9.46. The second-order valence-corrected chi connectivity index (χ2v) is 9.12. The molecule has 0 spiro atoms. The molecule has 3 heteroatoms. The van der Waals surface area contributed by atoms with Crippen molar-refractivity contribution >= 4 is 33.8 Å². The van der Waals surface area contributed by atoms with E-state index in [2.05, 4.69) is 73.9 Å². The highest BCUT2D eigenvalue weighted by Crippen LogP contribution is 2.44. The number of nitrogens with zero attached hydrogens (tertiary/aromatic N) is 2. The Morgan fingerprint density at radius 3 is 2.42 bits per heavy atom. The van der Waals surface area contributed by atoms with Crippen LogP contribution in [0.15, 0.2) is 91.2 Å². The number of para-hydroxylation sites is 1. The summed E-state index contributed by atoms with van der Waals surface area (Å²) in [4.78, 5) is 13.9. The van der Waals surface area contributed by atoms with Gasteiger partial charge in [-0.25, -0.2) is 0 Å². The number of rotatable bonds is 7. The molecule has 3 aromatic rings. The lowest BCUT2D eigenvalue weighted by molar-refractivity contribution is -0.438. The van der Waals surface area contributed by atoms with Gasteiger partial charge < -0.3 is 0 Å². The first-order valence-corrected chi connectivity index (χ1v) is 11.8. The first-order chi connectivity index (χ1) is 15.9. The van der Waals surface area contributed by atoms with E-state index in [1.165, 1.54) is 27.7 Å². The lowest BCUT2D eigenvalue weighted by atomic mass is 9.79. The number of fused-ring (bicyclic) bond motifs is 3. The summed E-state index contributed by atoms with van der Waals surface area (Å²) < 4.78 is 2.48. The molecular formula is C30H33N2O+. The molecular weight excluding hydrogens is 404 g/mol. The zero-order valence-corrected chi connectivity index (χ0v) is 20.1. The highest BCUT2D eigenvalue weighted by molar-refractivity contribution is 6.07. The third-order valence-corrected chi connectivity index (χ3v) is 6.46. The molecule has 168 valence electrons. The van der Waals surface area contributed by atoms with Gasteiger partial charge in [-0.05, 0) is 48.9 Å². The van der Waals surface area contributed by atoms with E-state index in [9.17, 15) is 4.79 Å². The van der Waals surface area contributed by atoms with Crippen LogP contribution in [0.4, 0.5) is 11.4 Å². The summed E-state index contributed by atoms with van der Waals surface area (Å²) >= 11 is 0. The van der Waals surface area contributed by atoms with Crippen LogP contribution in [0.3, 0.4) is 0 Å². The fraction of sp³-hybridized carbons (Fsp3) is 0.267. The van der Waals surface area contributed by atoms with Crippen LogP contribution in [0, 0.1) is 0 Å². The van der Waals surface area contributed by atoms with Gasteiger partial charge in [0.1, 0.15) is 6.54 Å². The minimum absolute atomic E-state index is 0.0110. The molecule has 33 heavy (non-hydrogen) atoms. The maximum atomic E-state index is 12.2. The molecule has 1 amide bonds. The SMILES string of the molecule is CCCC[N+]1=C(/C=C/C=C/N(C(C)=O)c2ccccc2)C(C)(C)c2c1ccc1ccccc21. The smallest absolute Gasteiger partial charge is 0.227 e. The molecule has 3 nitrogen and oxygen atoms in total. The summed E-state index contributed by atoms with van der Waals surface area (Å²) in [5.41, 5.74) is 4.75. The normalized spacial score (nSPS) is 15.0. The first kappa shape index (κ1) is 22.7. The third kappa shape index (κ3) is 4.41. The number of hydrogen-bond donors (Lipinski definition) is 0. The van der Waals surface area contributed by atoms with Gasteiger partial charge in [0.05, 0.1) is 5.41 Å². The van der Waals surface area contributed by atoms with Gasteiger partial charge in [0, 0.05) is 42.9 Å². The first-order valence-electron chi connectivity index (χ1n) is 11.8. The Morgan fingerprint density at radius 1 is 0.970 bits per heavy atom. The molecule has 0 atom stereocenters. The molecule has 0 aliphatic carbocycles. The molecule has 0 unspecified atom stereocenters. The Morgan fingerprint density at radius 2 is 1.70 bits per heavy atom. The summed E-state index contributed by atoms with van der Waals surface area (Å²) in [5.74, 6) is -0.0110. The van der Waals surface area contributed by atoms with Crippen LogP contribution < -0.4 is 4.90 Å². The zero-order chi connectivity index (χ0) is 23.4. The second kappa shape index (κ2) is 9.58. The minimum Gasteiger partial charge on any atom is -0.288 e. The standard InChI is InChI=1S/C30H33N2O/c1-5-6-21-32-27-20-19-24-14-10-11-17-26(24)29(27)30(3,4)28(32)18-12-13-22-31(23(2)33)25-15-8-7-9-16-25/h7-20,22H,5-6,21H2,1-4H3/q+1. The molecule has 0 radical (unpaired) electrons. The Labute approximate surface area is 197 Å². The molecule has 4 rings (SSSR count). The molecule has 0 N–H and O–H groups in total. The highest BCUT2D eigenvalue weighted by atomic mass is 16.2. The average Bonchev–Trinajstić information content (AvgIpc) is 3.04. The van der Waals surface area contributed by atoms with Crippen molar-refractivity contribution in [2.24, 2.45) is 0 Å². The molecule has 1 aliphatic heterocycles. The molecule has 0 fully saturated rings. The largest absolute Gasteiger partial charge is 0.288 e. The van der Waals surface area contributed by atoms with Crippen LogP contribution in [-0.2, 0) is 10.2 Å². The summed E-state index contributed by atoms with van der Waals surface area (Å²) in [7, 11) is 0. The Hall–Kier alpha value is -3.46. The van der Waals surface area contributed by atoms with Crippen molar-refractivity contribution in [3.63, 3.8) is 0 Å². The van der Waals surface area contributed by atoms with E-state index in [1.807, 2.05) is 42.6 Å². The van der Waals surface area contributed by atoms with Crippen LogP contribution in [-0.4, -0.2) is 22.7 Å². The summed E-state index contributed by atoms with van der Waals surface area (Å²) in [6.07, 6.45) is 10.4. The van der Waals surface area contributed by atoms with Crippen molar-refractivity contribution < 1.29 is 9.37 Å². The minimum atomic E-state index is -0.117. The van der Waals surface area contributed by atoms with Gasteiger partial charge in [-0.15, -0.1) is 0 Å². The summed E-state index contributed by atoms with van der Waals surface area (Å²) in [6, 6.07) is 22.9. The van der Waals surface area contributed by atoms with E-state index in [0.29, 0.717) is 0 Å². The molecule has 0 saturated carbocycles. The number of allylic oxidation sites excluding steroid dienone is 3. The van der Waals surface area contributed by atoms with E-state index in [-0.39, 0.29) is 11.3 Å². The number of anilines is 1. The van der Waals surface area contributed by atoms with E-state index in [1.54, 1.807) is 11.8 Å². The predicted octanol–water partition coefficient (Wildman–Crippen LogP) is 7.14. The Balaban J connectivity index is 1.71. The number of carbonyl (C=O) groups excluding carboxylic acids is 1. The van der Waals surface area contributed by atoms with Crippen molar-refractivity contribution in [1.82, 2.24) is 0 Å². The highest BCUT2D eigenvalue weighted by Gasteiger charge is 2.45. The number of benzene rings is 3. The Kier molecular flexibility index (Phi) is 6.60. The molecule has 1 heterocycles. The number of unbranched alkanes of at least 4 members (excludes halogenated alkanes) is 1. The van der Waals surface area contributed by atoms with E-state index >= 15 is 0 Å². The van der Waals surface area contributed by atoms with Gasteiger partial charge in [-0.2, -0.15) is 4.58 Å². The lowest BCUT2D eigenvalue weighted by Crippen LogP contribution is -2.28. The lowest BCUT2D eigenvalue weighted by Gasteiger charge is -2.17. The average molecular weight is 438 g/mol. The van der Waals surface area contributed by atoms with Gasteiger partial charge in [0.2, 0.25) is 11.6 Å². The van der Waals surface area contributed by atoms with Gasteiger partial charge in [0.15, 0.2) is 5.71 Å². The van der Waals surface area contributed by atoms with Gasteiger partial charge in [-0.3, -0.25) is 9.69 Å². The molecule has 3 aromatic carbocycles. The van der Waals surface area contributed by atoms with Crippen LogP contribution in [0.2, 0.25) is 0 Å².